The zero-order valence-corrected chi connectivity index (χ0v) is 12.1. The maximum Gasteiger partial charge on any atom is 0.269 e. The van der Waals surface area contributed by atoms with Crippen LogP contribution in [0.15, 0.2) is 53.5 Å². The Kier molecular flexibility index (Phi) is 5.21. The van der Waals surface area contributed by atoms with Gasteiger partial charge in [-0.15, -0.1) is 0 Å². The molecule has 1 atom stereocenters. The van der Waals surface area contributed by atoms with E-state index in [0.29, 0.717) is 0 Å². The molecule has 0 aliphatic carbocycles. The van der Waals surface area contributed by atoms with Gasteiger partial charge in [0.2, 0.25) is 0 Å². The van der Waals surface area contributed by atoms with Crippen LogP contribution in [-0.2, 0) is 6.54 Å². The van der Waals surface area contributed by atoms with Crippen molar-refractivity contribution in [1.29, 1.82) is 0 Å². The van der Waals surface area contributed by atoms with Gasteiger partial charge in [0, 0.05) is 36.5 Å². The van der Waals surface area contributed by atoms with E-state index in [2.05, 4.69) is 5.32 Å². The first-order chi connectivity index (χ1) is 11.0. The van der Waals surface area contributed by atoms with Crippen LogP contribution in [0.1, 0.15) is 10.4 Å². The van der Waals surface area contributed by atoms with Crippen LogP contribution >= 0.6 is 0 Å². The van der Waals surface area contributed by atoms with Crippen LogP contribution in [-0.4, -0.2) is 33.2 Å². The van der Waals surface area contributed by atoms with Crippen LogP contribution in [0.25, 0.3) is 0 Å². The molecule has 0 aliphatic rings. The van der Waals surface area contributed by atoms with Gasteiger partial charge in [0.25, 0.3) is 17.2 Å². The summed E-state index contributed by atoms with van der Waals surface area (Å²) >= 11 is 0. The molecule has 0 radical (unpaired) electrons. The Morgan fingerprint density at radius 2 is 1.96 bits per heavy atom. The first kappa shape index (κ1) is 16.4. The molecule has 1 aromatic heterocycles. The van der Waals surface area contributed by atoms with E-state index < -0.39 is 16.9 Å². The molecular weight excluding hydrogens is 302 g/mol. The highest BCUT2D eigenvalue weighted by Gasteiger charge is 2.12. The molecular formula is C15H15N3O5. The van der Waals surface area contributed by atoms with E-state index in [1.165, 1.54) is 34.9 Å². The van der Waals surface area contributed by atoms with Crippen molar-refractivity contribution in [2.75, 3.05) is 6.54 Å². The minimum atomic E-state index is -0.933. The van der Waals surface area contributed by atoms with Gasteiger partial charge in [0.15, 0.2) is 0 Å². The minimum absolute atomic E-state index is 0.0445. The average molecular weight is 317 g/mol. The molecule has 2 rings (SSSR count). The van der Waals surface area contributed by atoms with Crippen molar-refractivity contribution < 1.29 is 14.8 Å². The fourth-order valence-corrected chi connectivity index (χ4v) is 1.95. The SMILES string of the molecule is O=C(NCC(O)Cn1ccccc1=O)c1ccc([N+](=O)[O-])cc1. The van der Waals surface area contributed by atoms with Gasteiger partial charge < -0.3 is 15.0 Å². The van der Waals surface area contributed by atoms with E-state index in [1.54, 1.807) is 18.3 Å². The number of carbonyl (C=O) groups is 1. The van der Waals surface area contributed by atoms with Gasteiger partial charge in [-0.1, -0.05) is 6.07 Å². The number of benzene rings is 1. The van der Waals surface area contributed by atoms with Gasteiger partial charge in [-0.25, -0.2) is 0 Å². The van der Waals surface area contributed by atoms with Crippen LogP contribution in [0.3, 0.4) is 0 Å². The van der Waals surface area contributed by atoms with Crippen molar-refractivity contribution in [2.24, 2.45) is 0 Å². The van der Waals surface area contributed by atoms with Crippen molar-refractivity contribution in [3.63, 3.8) is 0 Å². The number of hydrogen-bond donors (Lipinski definition) is 2. The number of non-ortho nitro benzene ring substituents is 1. The Morgan fingerprint density at radius 3 is 2.57 bits per heavy atom. The number of carbonyl (C=O) groups excluding carboxylic acids is 1. The highest BCUT2D eigenvalue weighted by Crippen LogP contribution is 2.11. The average Bonchev–Trinajstić information content (AvgIpc) is 2.55. The summed E-state index contributed by atoms with van der Waals surface area (Å²) in [6.07, 6.45) is 0.612. The Balaban J connectivity index is 1.89. The number of hydrogen-bond acceptors (Lipinski definition) is 5. The molecule has 23 heavy (non-hydrogen) atoms. The largest absolute Gasteiger partial charge is 0.389 e. The summed E-state index contributed by atoms with van der Waals surface area (Å²) in [5.74, 6) is -0.459. The lowest BCUT2D eigenvalue weighted by molar-refractivity contribution is -0.384. The second-order valence-corrected chi connectivity index (χ2v) is 4.86. The van der Waals surface area contributed by atoms with E-state index in [-0.39, 0.29) is 29.9 Å². The third-order valence-electron chi connectivity index (χ3n) is 3.15. The fourth-order valence-electron chi connectivity index (χ4n) is 1.95. The molecule has 2 aromatic rings. The molecule has 0 aliphatic heterocycles. The molecule has 8 heteroatoms. The lowest BCUT2D eigenvalue weighted by Crippen LogP contribution is -2.36. The smallest absolute Gasteiger partial charge is 0.269 e. The van der Waals surface area contributed by atoms with Crippen LogP contribution in [0.5, 0.6) is 0 Å². The van der Waals surface area contributed by atoms with Gasteiger partial charge in [-0.05, 0) is 18.2 Å². The lowest BCUT2D eigenvalue weighted by Gasteiger charge is -2.13. The molecule has 1 aromatic carbocycles. The van der Waals surface area contributed by atoms with Crippen molar-refractivity contribution >= 4 is 11.6 Å². The molecule has 0 saturated carbocycles. The predicted octanol–water partition coefficient (Wildman–Crippen LogP) is 0.547. The highest BCUT2D eigenvalue weighted by atomic mass is 16.6. The van der Waals surface area contributed by atoms with Gasteiger partial charge in [-0.3, -0.25) is 19.7 Å². The molecule has 0 saturated heterocycles. The van der Waals surface area contributed by atoms with Crippen LogP contribution in [0.2, 0.25) is 0 Å². The van der Waals surface area contributed by atoms with E-state index in [1.807, 2.05) is 0 Å². The van der Waals surface area contributed by atoms with Crippen LogP contribution < -0.4 is 10.9 Å². The summed E-state index contributed by atoms with van der Waals surface area (Å²) in [5.41, 5.74) is -0.0991. The topological polar surface area (TPSA) is 114 Å². The normalized spacial score (nSPS) is 11.7. The molecule has 1 heterocycles. The van der Waals surface area contributed by atoms with Gasteiger partial charge in [0.1, 0.15) is 0 Å². The number of amides is 1. The molecule has 0 spiro atoms. The summed E-state index contributed by atoms with van der Waals surface area (Å²) < 4.78 is 1.34. The first-order valence-electron chi connectivity index (χ1n) is 6.83. The molecule has 2 N–H and O–H groups in total. The van der Waals surface area contributed by atoms with Crippen LogP contribution in [0.4, 0.5) is 5.69 Å². The third-order valence-corrected chi connectivity index (χ3v) is 3.15. The Bertz CT molecular complexity index is 754. The molecule has 0 bridgehead atoms. The number of aliphatic hydroxyl groups excluding tert-OH is 1. The summed E-state index contributed by atoms with van der Waals surface area (Å²) in [5, 5.41) is 22.9. The third kappa shape index (κ3) is 4.48. The molecule has 1 unspecified atom stereocenters. The molecule has 0 fully saturated rings. The van der Waals surface area contributed by atoms with Gasteiger partial charge in [-0.2, -0.15) is 0 Å². The minimum Gasteiger partial charge on any atom is -0.389 e. The van der Waals surface area contributed by atoms with Crippen molar-refractivity contribution in [3.05, 3.63) is 74.7 Å². The summed E-state index contributed by atoms with van der Waals surface area (Å²) in [7, 11) is 0. The van der Waals surface area contributed by atoms with Crippen molar-refractivity contribution in [3.8, 4) is 0 Å². The van der Waals surface area contributed by atoms with Crippen molar-refractivity contribution in [2.45, 2.75) is 12.6 Å². The molecule has 8 nitrogen and oxygen atoms in total. The number of aromatic nitrogens is 1. The number of aliphatic hydroxyl groups is 1. The maximum atomic E-state index is 11.9. The number of pyridine rings is 1. The number of nitrogens with one attached hydrogen (secondary N) is 1. The Hall–Kier alpha value is -3.00. The van der Waals surface area contributed by atoms with Crippen molar-refractivity contribution in [1.82, 2.24) is 9.88 Å². The van der Waals surface area contributed by atoms with E-state index in [9.17, 15) is 24.8 Å². The molecule has 1 amide bonds. The second kappa shape index (κ2) is 7.32. The number of nitrogens with zero attached hydrogens (tertiary/aromatic N) is 2. The zero-order chi connectivity index (χ0) is 16.8. The van der Waals surface area contributed by atoms with E-state index >= 15 is 0 Å². The Labute approximate surface area is 131 Å². The predicted molar refractivity (Wildman–Crippen MR) is 82.1 cm³/mol. The molecule has 120 valence electrons. The van der Waals surface area contributed by atoms with Gasteiger partial charge >= 0.3 is 0 Å². The van der Waals surface area contributed by atoms with Gasteiger partial charge in [0.05, 0.1) is 17.6 Å². The standard InChI is InChI=1S/C15H15N3O5/c19-13(10-17-8-2-1-3-14(17)20)9-16-15(21)11-4-6-12(7-5-11)18(22)23/h1-8,13,19H,9-10H2,(H,16,21). The maximum absolute atomic E-state index is 11.9. The number of nitro benzene ring substituents is 1. The summed E-state index contributed by atoms with van der Waals surface area (Å²) in [6.45, 7) is 0.0113. The van der Waals surface area contributed by atoms with E-state index in [0.717, 1.165) is 0 Å². The Morgan fingerprint density at radius 1 is 1.26 bits per heavy atom. The lowest BCUT2D eigenvalue weighted by atomic mass is 10.2. The zero-order valence-electron chi connectivity index (χ0n) is 12.1. The quantitative estimate of drug-likeness (QED) is 0.596. The highest BCUT2D eigenvalue weighted by molar-refractivity contribution is 5.94. The summed E-state index contributed by atoms with van der Waals surface area (Å²) in [4.78, 5) is 33.4. The summed E-state index contributed by atoms with van der Waals surface area (Å²) in [6, 6.07) is 9.78. The first-order valence-corrected chi connectivity index (χ1v) is 6.83. The number of rotatable bonds is 6. The number of nitro groups is 1. The fraction of sp³-hybridized carbons (Fsp3) is 0.200. The van der Waals surface area contributed by atoms with Crippen LogP contribution in [0, 0.1) is 10.1 Å². The van der Waals surface area contributed by atoms with E-state index in [4.69, 9.17) is 0 Å². The second-order valence-electron chi connectivity index (χ2n) is 4.86. The monoisotopic (exact) mass is 317 g/mol.